The van der Waals surface area contributed by atoms with E-state index in [1.807, 2.05) is 6.07 Å². The molecule has 2 heteroatoms. The van der Waals surface area contributed by atoms with Crippen LogP contribution in [0.4, 0.5) is 0 Å². The first-order valence-electron chi connectivity index (χ1n) is 5.83. The molecule has 0 atom stereocenters. The molecule has 0 spiro atoms. The number of hydrogen-bond donors (Lipinski definition) is 1. The summed E-state index contributed by atoms with van der Waals surface area (Å²) in [7, 11) is 0. The molecule has 1 fully saturated rings. The Hall–Kier alpha value is -1.02. The minimum absolute atomic E-state index is 0.577. The van der Waals surface area contributed by atoms with Crippen LogP contribution in [0.1, 0.15) is 37.2 Å². The summed E-state index contributed by atoms with van der Waals surface area (Å²) in [6.07, 6.45) is 5.41. The quantitative estimate of drug-likeness (QED) is 0.820. The Balaban J connectivity index is 2.04. The van der Waals surface area contributed by atoms with Crippen LogP contribution in [0.15, 0.2) is 24.3 Å². The zero-order valence-corrected chi connectivity index (χ0v) is 9.11. The topological polar surface area (TPSA) is 35.2 Å². The average molecular weight is 205 g/mol. The van der Waals surface area contributed by atoms with Gasteiger partial charge < -0.3 is 10.5 Å². The second kappa shape index (κ2) is 5.17. The lowest BCUT2D eigenvalue weighted by molar-refractivity contribution is 0.328. The predicted octanol–water partition coefficient (Wildman–Crippen LogP) is 2.68. The number of nitrogens with two attached hydrogens (primary N) is 1. The summed E-state index contributed by atoms with van der Waals surface area (Å²) in [4.78, 5) is 0. The van der Waals surface area contributed by atoms with Crippen LogP contribution >= 0.6 is 0 Å². The summed E-state index contributed by atoms with van der Waals surface area (Å²) in [5, 5.41) is 0. The molecule has 0 bridgehead atoms. The predicted molar refractivity (Wildman–Crippen MR) is 62.2 cm³/mol. The highest BCUT2D eigenvalue weighted by atomic mass is 16.5. The molecule has 1 aromatic rings. The van der Waals surface area contributed by atoms with Crippen molar-refractivity contribution < 1.29 is 4.74 Å². The van der Waals surface area contributed by atoms with Crippen molar-refractivity contribution in [2.45, 2.75) is 31.6 Å². The SMILES string of the molecule is NCCOc1cccc(C2CCCC2)c1. The molecule has 1 aliphatic rings. The van der Waals surface area contributed by atoms with E-state index >= 15 is 0 Å². The lowest BCUT2D eigenvalue weighted by Crippen LogP contribution is -2.10. The summed E-state index contributed by atoms with van der Waals surface area (Å²) in [6, 6.07) is 8.48. The number of benzene rings is 1. The lowest BCUT2D eigenvalue weighted by atomic mass is 9.98. The third kappa shape index (κ3) is 2.72. The second-order valence-corrected chi connectivity index (χ2v) is 4.19. The van der Waals surface area contributed by atoms with Gasteiger partial charge in [-0.25, -0.2) is 0 Å². The molecule has 0 unspecified atom stereocenters. The Morgan fingerprint density at radius 1 is 1.27 bits per heavy atom. The molecule has 0 saturated heterocycles. The van der Waals surface area contributed by atoms with E-state index in [1.54, 1.807) is 0 Å². The van der Waals surface area contributed by atoms with Crippen LogP contribution < -0.4 is 10.5 Å². The Bertz CT molecular complexity index is 305. The van der Waals surface area contributed by atoms with Gasteiger partial charge >= 0.3 is 0 Å². The van der Waals surface area contributed by atoms with E-state index in [2.05, 4.69) is 18.2 Å². The van der Waals surface area contributed by atoms with Gasteiger partial charge in [0.25, 0.3) is 0 Å². The van der Waals surface area contributed by atoms with Gasteiger partial charge in [0.05, 0.1) is 0 Å². The van der Waals surface area contributed by atoms with Gasteiger partial charge in [0.15, 0.2) is 0 Å². The standard InChI is InChI=1S/C13H19NO/c14-8-9-15-13-7-3-6-12(10-13)11-4-1-2-5-11/h3,6-7,10-11H,1-2,4-5,8-9,14H2. The van der Waals surface area contributed by atoms with Crippen molar-refractivity contribution in [1.82, 2.24) is 0 Å². The van der Waals surface area contributed by atoms with Gasteiger partial charge in [0.1, 0.15) is 12.4 Å². The first kappa shape index (κ1) is 10.5. The zero-order valence-electron chi connectivity index (χ0n) is 9.11. The Labute approximate surface area is 91.4 Å². The second-order valence-electron chi connectivity index (χ2n) is 4.19. The van der Waals surface area contributed by atoms with Gasteiger partial charge in [-0.05, 0) is 36.5 Å². The smallest absolute Gasteiger partial charge is 0.119 e. The van der Waals surface area contributed by atoms with Crippen molar-refractivity contribution in [3.63, 3.8) is 0 Å². The molecule has 0 radical (unpaired) electrons. The highest BCUT2D eigenvalue weighted by Crippen LogP contribution is 2.35. The van der Waals surface area contributed by atoms with E-state index in [9.17, 15) is 0 Å². The van der Waals surface area contributed by atoms with E-state index in [0.717, 1.165) is 11.7 Å². The van der Waals surface area contributed by atoms with Crippen LogP contribution in [0.3, 0.4) is 0 Å². The number of rotatable bonds is 4. The first-order valence-corrected chi connectivity index (χ1v) is 5.83. The Morgan fingerprint density at radius 3 is 2.80 bits per heavy atom. The Kier molecular flexibility index (Phi) is 3.62. The van der Waals surface area contributed by atoms with Crippen molar-refractivity contribution in [2.24, 2.45) is 5.73 Å². The van der Waals surface area contributed by atoms with E-state index in [1.165, 1.54) is 31.2 Å². The summed E-state index contributed by atoms with van der Waals surface area (Å²) in [6.45, 7) is 1.18. The monoisotopic (exact) mass is 205 g/mol. The van der Waals surface area contributed by atoms with Crippen LogP contribution in [0.2, 0.25) is 0 Å². The maximum atomic E-state index is 5.53. The highest BCUT2D eigenvalue weighted by Gasteiger charge is 2.16. The summed E-state index contributed by atoms with van der Waals surface area (Å²) in [5.41, 5.74) is 6.84. The normalized spacial score (nSPS) is 16.9. The average Bonchev–Trinajstić information content (AvgIpc) is 2.80. The van der Waals surface area contributed by atoms with Crippen LogP contribution in [0.25, 0.3) is 0 Å². The summed E-state index contributed by atoms with van der Waals surface area (Å²) in [5.74, 6) is 1.72. The van der Waals surface area contributed by atoms with Crippen LogP contribution in [0.5, 0.6) is 5.75 Å². The molecular weight excluding hydrogens is 186 g/mol. The molecule has 1 saturated carbocycles. The van der Waals surface area contributed by atoms with Gasteiger partial charge in [0.2, 0.25) is 0 Å². The Morgan fingerprint density at radius 2 is 2.07 bits per heavy atom. The minimum Gasteiger partial charge on any atom is -0.492 e. The van der Waals surface area contributed by atoms with Gasteiger partial charge in [-0.2, -0.15) is 0 Å². The van der Waals surface area contributed by atoms with E-state index in [-0.39, 0.29) is 0 Å². The summed E-state index contributed by atoms with van der Waals surface area (Å²) >= 11 is 0. The van der Waals surface area contributed by atoms with Crippen LogP contribution in [-0.4, -0.2) is 13.2 Å². The molecule has 1 aliphatic carbocycles. The number of hydrogen-bond acceptors (Lipinski definition) is 2. The van der Waals surface area contributed by atoms with Crippen molar-refractivity contribution in [3.05, 3.63) is 29.8 Å². The molecule has 2 nitrogen and oxygen atoms in total. The summed E-state index contributed by atoms with van der Waals surface area (Å²) < 4.78 is 5.53. The molecule has 0 aromatic heterocycles. The maximum absolute atomic E-state index is 5.53. The molecule has 15 heavy (non-hydrogen) atoms. The first-order chi connectivity index (χ1) is 7.40. The molecule has 0 amide bonds. The molecule has 0 aliphatic heterocycles. The fraction of sp³-hybridized carbons (Fsp3) is 0.538. The van der Waals surface area contributed by atoms with Gasteiger partial charge in [0, 0.05) is 6.54 Å². The highest BCUT2D eigenvalue weighted by molar-refractivity contribution is 5.31. The van der Waals surface area contributed by atoms with E-state index in [4.69, 9.17) is 10.5 Å². The van der Waals surface area contributed by atoms with Crippen molar-refractivity contribution in [2.75, 3.05) is 13.2 Å². The largest absolute Gasteiger partial charge is 0.492 e. The lowest BCUT2D eigenvalue weighted by Gasteiger charge is -2.11. The molecule has 0 heterocycles. The molecule has 82 valence electrons. The molecule has 1 aromatic carbocycles. The van der Waals surface area contributed by atoms with Crippen molar-refractivity contribution >= 4 is 0 Å². The van der Waals surface area contributed by atoms with Gasteiger partial charge in [-0.3, -0.25) is 0 Å². The fourth-order valence-corrected chi connectivity index (χ4v) is 2.29. The fourth-order valence-electron chi connectivity index (χ4n) is 2.29. The molecular formula is C13H19NO. The third-order valence-electron chi connectivity index (χ3n) is 3.07. The molecule has 2 N–H and O–H groups in total. The van der Waals surface area contributed by atoms with Gasteiger partial charge in [-0.1, -0.05) is 25.0 Å². The maximum Gasteiger partial charge on any atom is 0.119 e. The van der Waals surface area contributed by atoms with Crippen molar-refractivity contribution in [1.29, 1.82) is 0 Å². The van der Waals surface area contributed by atoms with E-state index in [0.29, 0.717) is 13.2 Å². The van der Waals surface area contributed by atoms with Crippen LogP contribution in [-0.2, 0) is 0 Å². The third-order valence-corrected chi connectivity index (χ3v) is 3.07. The van der Waals surface area contributed by atoms with Crippen LogP contribution in [0, 0.1) is 0 Å². The van der Waals surface area contributed by atoms with Crippen molar-refractivity contribution in [3.8, 4) is 5.75 Å². The molecule has 2 rings (SSSR count). The van der Waals surface area contributed by atoms with E-state index < -0.39 is 0 Å². The van der Waals surface area contributed by atoms with Gasteiger partial charge in [-0.15, -0.1) is 0 Å². The zero-order chi connectivity index (χ0) is 10.5. The minimum atomic E-state index is 0.577. The number of ether oxygens (including phenoxy) is 1.